The van der Waals surface area contributed by atoms with Crippen molar-refractivity contribution in [1.82, 2.24) is 9.88 Å². The van der Waals surface area contributed by atoms with E-state index in [2.05, 4.69) is 27.4 Å². The van der Waals surface area contributed by atoms with E-state index >= 15 is 0 Å². The van der Waals surface area contributed by atoms with E-state index in [9.17, 15) is 0 Å². The minimum absolute atomic E-state index is 0.144. The first kappa shape index (κ1) is 15.3. The van der Waals surface area contributed by atoms with Gasteiger partial charge in [0.1, 0.15) is 11.8 Å². The van der Waals surface area contributed by atoms with Crippen LogP contribution < -0.4 is 9.47 Å². The van der Waals surface area contributed by atoms with Crippen LogP contribution in [-0.2, 0) is 11.3 Å². The average Bonchev–Trinajstić information content (AvgIpc) is 3.09. The van der Waals surface area contributed by atoms with Crippen LogP contribution in [0.2, 0.25) is 0 Å². The van der Waals surface area contributed by atoms with Gasteiger partial charge in [-0.05, 0) is 11.4 Å². The van der Waals surface area contributed by atoms with Gasteiger partial charge in [-0.1, -0.05) is 6.07 Å². The van der Waals surface area contributed by atoms with Crippen LogP contribution >= 0.6 is 11.3 Å². The quantitative estimate of drug-likeness (QED) is 0.847. The van der Waals surface area contributed by atoms with E-state index in [0.29, 0.717) is 5.75 Å². The summed E-state index contributed by atoms with van der Waals surface area (Å²) in [6.07, 6.45) is 1.90. The number of thiophene rings is 1. The molecule has 1 fully saturated rings. The summed E-state index contributed by atoms with van der Waals surface area (Å²) < 4.78 is 16.7. The van der Waals surface area contributed by atoms with Gasteiger partial charge in [-0.2, -0.15) is 0 Å². The molecule has 3 rings (SSSR count). The predicted octanol–water partition coefficient (Wildman–Crippen LogP) is 2.73. The fourth-order valence-corrected chi connectivity index (χ4v) is 3.43. The van der Waals surface area contributed by atoms with Crippen molar-refractivity contribution >= 4 is 11.3 Å². The van der Waals surface area contributed by atoms with Crippen molar-refractivity contribution in [2.24, 2.45) is 0 Å². The minimum atomic E-state index is 0.144. The maximum Gasteiger partial charge on any atom is 0.183 e. The van der Waals surface area contributed by atoms with Gasteiger partial charge in [0.25, 0.3) is 0 Å². The van der Waals surface area contributed by atoms with Crippen LogP contribution in [0.4, 0.5) is 0 Å². The van der Waals surface area contributed by atoms with Gasteiger partial charge in [0.05, 0.1) is 20.8 Å². The molecule has 0 radical (unpaired) electrons. The van der Waals surface area contributed by atoms with Gasteiger partial charge in [0.15, 0.2) is 11.5 Å². The molecule has 0 unspecified atom stereocenters. The van der Waals surface area contributed by atoms with E-state index in [4.69, 9.17) is 14.2 Å². The second-order valence-corrected chi connectivity index (χ2v) is 6.08. The van der Waals surface area contributed by atoms with Crippen molar-refractivity contribution in [2.45, 2.75) is 12.6 Å². The van der Waals surface area contributed by atoms with Crippen molar-refractivity contribution in [2.75, 3.05) is 33.9 Å². The lowest BCUT2D eigenvalue weighted by Gasteiger charge is -2.32. The molecule has 22 heavy (non-hydrogen) atoms. The first-order valence-electron chi connectivity index (χ1n) is 7.25. The smallest absolute Gasteiger partial charge is 0.183 e. The summed E-state index contributed by atoms with van der Waals surface area (Å²) in [4.78, 5) is 8.07. The lowest BCUT2D eigenvalue weighted by Crippen LogP contribution is -2.37. The van der Waals surface area contributed by atoms with Crippen LogP contribution in [0.1, 0.15) is 16.7 Å². The van der Waals surface area contributed by atoms with Crippen LogP contribution in [0.15, 0.2) is 29.8 Å². The number of morpholine rings is 1. The Labute approximate surface area is 134 Å². The minimum Gasteiger partial charge on any atom is -0.493 e. The Balaban J connectivity index is 1.73. The Bertz CT molecular complexity index is 603. The monoisotopic (exact) mass is 320 g/mol. The third kappa shape index (κ3) is 3.24. The highest BCUT2D eigenvalue weighted by atomic mass is 32.1. The summed E-state index contributed by atoms with van der Waals surface area (Å²) in [5.74, 6) is 1.43. The highest BCUT2D eigenvalue weighted by Crippen LogP contribution is 2.31. The molecule has 2 aromatic heterocycles. The molecule has 0 amide bonds. The molecule has 118 valence electrons. The molecular formula is C16H20N2O3S. The number of ether oxygens (including phenoxy) is 3. The summed E-state index contributed by atoms with van der Waals surface area (Å²) >= 11 is 1.74. The second-order valence-electron chi connectivity index (χ2n) is 5.10. The second kappa shape index (κ2) is 7.09. The van der Waals surface area contributed by atoms with E-state index in [1.54, 1.807) is 31.8 Å². The fraction of sp³-hybridized carbons (Fsp3) is 0.438. The normalized spacial score (nSPS) is 19.1. The zero-order chi connectivity index (χ0) is 15.4. The SMILES string of the molecule is COc1ccnc(CN2CCO[C@H](c3cccs3)C2)c1OC. The lowest BCUT2D eigenvalue weighted by molar-refractivity contribution is -0.0317. The number of rotatable bonds is 5. The number of pyridine rings is 1. The molecular weight excluding hydrogens is 300 g/mol. The van der Waals surface area contributed by atoms with Crippen molar-refractivity contribution in [3.63, 3.8) is 0 Å². The van der Waals surface area contributed by atoms with Crippen molar-refractivity contribution in [3.8, 4) is 11.5 Å². The molecule has 1 aliphatic rings. The van der Waals surface area contributed by atoms with E-state index in [0.717, 1.165) is 37.7 Å². The highest BCUT2D eigenvalue weighted by molar-refractivity contribution is 7.10. The maximum absolute atomic E-state index is 5.88. The van der Waals surface area contributed by atoms with Gasteiger partial charge < -0.3 is 14.2 Å². The van der Waals surface area contributed by atoms with E-state index in [1.807, 2.05) is 6.07 Å². The summed E-state index contributed by atoms with van der Waals surface area (Å²) in [7, 11) is 3.29. The third-order valence-electron chi connectivity index (χ3n) is 3.75. The summed E-state index contributed by atoms with van der Waals surface area (Å²) in [6.45, 7) is 3.22. The Morgan fingerprint density at radius 1 is 1.36 bits per heavy atom. The van der Waals surface area contributed by atoms with Crippen LogP contribution in [-0.4, -0.2) is 43.8 Å². The van der Waals surface area contributed by atoms with Gasteiger partial charge in [-0.3, -0.25) is 9.88 Å². The lowest BCUT2D eigenvalue weighted by atomic mass is 10.2. The predicted molar refractivity (Wildman–Crippen MR) is 85.6 cm³/mol. The third-order valence-corrected chi connectivity index (χ3v) is 4.72. The zero-order valence-corrected chi connectivity index (χ0v) is 13.6. The Hall–Kier alpha value is -1.63. The van der Waals surface area contributed by atoms with E-state index in [-0.39, 0.29) is 6.10 Å². The number of aromatic nitrogens is 1. The largest absolute Gasteiger partial charge is 0.493 e. The topological polar surface area (TPSA) is 43.8 Å². The first-order valence-corrected chi connectivity index (χ1v) is 8.13. The molecule has 0 aromatic carbocycles. The van der Waals surface area contributed by atoms with Crippen LogP contribution in [0.25, 0.3) is 0 Å². The molecule has 1 saturated heterocycles. The summed E-state index contributed by atoms with van der Waals surface area (Å²) in [6, 6.07) is 6.01. The molecule has 2 aromatic rings. The van der Waals surface area contributed by atoms with Gasteiger partial charge >= 0.3 is 0 Å². The van der Waals surface area contributed by atoms with E-state index < -0.39 is 0 Å². The maximum atomic E-state index is 5.88. The zero-order valence-electron chi connectivity index (χ0n) is 12.8. The molecule has 0 spiro atoms. The summed E-state index contributed by atoms with van der Waals surface area (Å²) in [5, 5.41) is 2.09. The van der Waals surface area contributed by atoms with Gasteiger partial charge in [0, 0.05) is 36.8 Å². The molecule has 0 N–H and O–H groups in total. The number of hydrogen-bond donors (Lipinski definition) is 0. The van der Waals surface area contributed by atoms with Crippen molar-refractivity contribution in [3.05, 3.63) is 40.3 Å². The molecule has 0 bridgehead atoms. The highest BCUT2D eigenvalue weighted by Gasteiger charge is 2.24. The Kier molecular flexibility index (Phi) is 4.92. The van der Waals surface area contributed by atoms with Gasteiger partial charge in [0.2, 0.25) is 0 Å². The fourth-order valence-electron chi connectivity index (χ4n) is 2.67. The van der Waals surface area contributed by atoms with Crippen molar-refractivity contribution in [1.29, 1.82) is 0 Å². The average molecular weight is 320 g/mol. The molecule has 0 aliphatic carbocycles. The Morgan fingerprint density at radius 3 is 3.00 bits per heavy atom. The molecule has 0 saturated carbocycles. The van der Waals surface area contributed by atoms with Crippen LogP contribution in [0.5, 0.6) is 11.5 Å². The number of hydrogen-bond acceptors (Lipinski definition) is 6. The molecule has 6 heteroatoms. The number of methoxy groups -OCH3 is 2. The standard InChI is InChI=1S/C16H20N2O3S/c1-19-13-5-6-17-12(16(13)20-2)10-18-7-8-21-14(11-18)15-4-3-9-22-15/h3-6,9,14H,7-8,10-11H2,1-2H3/t14-/m0/s1. The van der Waals surface area contributed by atoms with E-state index in [1.165, 1.54) is 4.88 Å². The Morgan fingerprint density at radius 2 is 2.27 bits per heavy atom. The van der Waals surface area contributed by atoms with Gasteiger partial charge in [-0.15, -0.1) is 11.3 Å². The molecule has 1 atom stereocenters. The van der Waals surface area contributed by atoms with Crippen LogP contribution in [0.3, 0.4) is 0 Å². The number of nitrogens with zero attached hydrogens (tertiary/aromatic N) is 2. The molecule has 5 nitrogen and oxygen atoms in total. The van der Waals surface area contributed by atoms with Gasteiger partial charge in [-0.25, -0.2) is 0 Å². The van der Waals surface area contributed by atoms with Crippen molar-refractivity contribution < 1.29 is 14.2 Å². The molecule has 3 heterocycles. The van der Waals surface area contributed by atoms with Crippen LogP contribution in [0, 0.1) is 0 Å². The summed E-state index contributed by atoms with van der Waals surface area (Å²) in [5.41, 5.74) is 0.897. The first-order chi connectivity index (χ1) is 10.8. The molecule has 1 aliphatic heterocycles.